The highest BCUT2D eigenvalue weighted by Crippen LogP contribution is 2.30. The average molecular weight is 370 g/mol. The number of amides is 2. The Bertz CT molecular complexity index is 867. The molecule has 0 spiro atoms. The van der Waals surface area contributed by atoms with E-state index >= 15 is 0 Å². The number of nitrogens with one attached hydrogen (secondary N) is 2. The molecule has 0 aliphatic carbocycles. The van der Waals surface area contributed by atoms with Gasteiger partial charge in [-0.05, 0) is 24.3 Å². The maximum absolute atomic E-state index is 12.1. The molecule has 27 heavy (non-hydrogen) atoms. The Labute approximate surface area is 155 Å². The second-order valence-corrected chi connectivity index (χ2v) is 5.70. The van der Waals surface area contributed by atoms with Gasteiger partial charge in [-0.2, -0.15) is 0 Å². The Morgan fingerprint density at radius 3 is 2.52 bits per heavy atom. The predicted molar refractivity (Wildman–Crippen MR) is 95.8 cm³/mol. The fourth-order valence-electron chi connectivity index (χ4n) is 2.51. The van der Waals surface area contributed by atoms with Crippen molar-refractivity contribution < 1.29 is 28.6 Å². The molecule has 140 valence electrons. The van der Waals surface area contributed by atoms with E-state index in [1.54, 1.807) is 24.3 Å². The quantitative estimate of drug-likeness (QED) is 0.622. The molecule has 0 aromatic heterocycles. The number of methoxy groups -OCH3 is 1. The second kappa shape index (κ2) is 8.22. The summed E-state index contributed by atoms with van der Waals surface area (Å²) in [5, 5.41) is 4.90. The Hall–Kier alpha value is -3.55. The van der Waals surface area contributed by atoms with Crippen molar-refractivity contribution >= 4 is 23.5 Å². The van der Waals surface area contributed by atoms with E-state index in [0.717, 1.165) is 0 Å². The number of para-hydroxylation sites is 3. The summed E-state index contributed by atoms with van der Waals surface area (Å²) in [5.74, 6) is -1.14. The van der Waals surface area contributed by atoms with Crippen molar-refractivity contribution in [1.29, 1.82) is 0 Å². The summed E-state index contributed by atoms with van der Waals surface area (Å²) >= 11 is 0. The van der Waals surface area contributed by atoms with E-state index in [1.807, 2.05) is 12.1 Å². The average Bonchev–Trinajstić information content (AvgIpc) is 2.71. The Balaban J connectivity index is 1.55. The number of anilines is 1. The van der Waals surface area contributed by atoms with Crippen LogP contribution in [0.4, 0.5) is 5.69 Å². The lowest BCUT2D eigenvalue weighted by atomic mass is 10.2. The molecule has 8 nitrogen and oxygen atoms in total. The lowest BCUT2D eigenvalue weighted by molar-refractivity contribution is -0.136. The SMILES string of the molecule is COC(=O)c1ccccc1NC(=O)C(=O)NCC1COc2ccccc2O1. The Morgan fingerprint density at radius 1 is 1.04 bits per heavy atom. The summed E-state index contributed by atoms with van der Waals surface area (Å²) in [5.41, 5.74) is 0.345. The van der Waals surface area contributed by atoms with Gasteiger partial charge in [0, 0.05) is 0 Å². The van der Waals surface area contributed by atoms with Crippen molar-refractivity contribution in [2.24, 2.45) is 0 Å². The monoisotopic (exact) mass is 370 g/mol. The lowest BCUT2D eigenvalue weighted by Gasteiger charge is -2.26. The van der Waals surface area contributed by atoms with Gasteiger partial charge in [0.05, 0.1) is 24.9 Å². The van der Waals surface area contributed by atoms with E-state index < -0.39 is 23.9 Å². The largest absolute Gasteiger partial charge is 0.486 e. The zero-order valence-electron chi connectivity index (χ0n) is 14.6. The fraction of sp³-hybridized carbons (Fsp3) is 0.211. The number of hydrogen-bond acceptors (Lipinski definition) is 6. The van der Waals surface area contributed by atoms with Crippen molar-refractivity contribution in [3.63, 3.8) is 0 Å². The van der Waals surface area contributed by atoms with Gasteiger partial charge in [-0.3, -0.25) is 9.59 Å². The van der Waals surface area contributed by atoms with Crippen LogP contribution in [0.1, 0.15) is 10.4 Å². The molecule has 1 atom stereocenters. The molecule has 0 radical (unpaired) electrons. The van der Waals surface area contributed by atoms with Gasteiger partial charge < -0.3 is 24.8 Å². The van der Waals surface area contributed by atoms with Crippen LogP contribution in [0, 0.1) is 0 Å². The van der Waals surface area contributed by atoms with Gasteiger partial charge in [-0.1, -0.05) is 24.3 Å². The maximum Gasteiger partial charge on any atom is 0.339 e. The molecule has 1 unspecified atom stereocenters. The number of ether oxygens (including phenoxy) is 3. The maximum atomic E-state index is 12.1. The number of carbonyl (C=O) groups excluding carboxylic acids is 3. The standard InChI is InChI=1S/C19H18N2O6/c1-25-19(24)13-6-2-3-7-14(13)21-18(23)17(22)20-10-12-11-26-15-8-4-5-9-16(15)27-12/h2-9,12H,10-11H2,1H3,(H,20,22)(H,21,23). The van der Waals surface area contributed by atoms with Gasteiger partial charge in [0.1, 0.15) is 12.7 Å². The molecular weight excluding hydrogens is 352 g/mol. The number of fused-ring (bicyclic) bond motifs is 1. The van der Waals surface area contributed by atoms with Gasteiger partial charge in [0.2, 0.25) is 0 Å². The summed E-state index contributed by atoms with van der Waals surface area (Å²) in [6, 6.07) is 13.5. The Kier molecular flexibility index (Phi) is 5.55. The smallest absolute Gasteiger partial charge is 0.339 e. The first-order chi connectivity index (χ1) is 13.1. The van der Waals surface area contributed by atoms with E-state index in [-0.39, 0.29) is 24.4 Å². The summed E-state index contributed by atoms with van der Waals surface area (Å²) < 4.78 is 15.9. The first kappa shape index (κ1) is 18.2. The number of esters is 1. The van der Waals surface area contributed by atoms with Crippen LogP contribution in [0.3, 0.4) is 0 Å². The highest BCUT2D eigenvalue weighted by Gasteiger charge is 2.23. The van der Waals surface area contributed by atoms with E-state index in [4.69, 9.17) is 9.47 Å². The summed E-state index contributed by atoms with van der Waals surface area (Å²) in [6.45, 7) is 0.351. The lowest BCUT2D eigenvalue weighted by Crippen LogP contribution is -2.44. The molecule has 2 aromatic carbocycles. The van der Waals surface area contributed by atoms with E-state index in [9.17, 15) is 14.4 Å². The van der Waals surface area contributed by atoms with E-state index in [0.29, 0.717) is 11.5 Å². The van der Waals surface area contributed by atoms with Crippen LogP contribution in [0.15, 0.2) is 48.5 Å². The van der Waals surface area contributed by atoms with Crippen LogP contribution in [-0.2, 0) is 14.3 Å². The molecule has 0 saturated carbocycles. The normalized spacial score (nSPS) is 14.8. The molecule has 2 N–H and O–H groups in total. The van der Waals surface area contributed by atoms with Crippen LogP contribution in [0.5, 0.6) is 11.5 Å². The number of hydrogen-bond donors (Lipinski definition) is 2. The highest BCUT2D eigenvalue weighted by molar-refractivity contribution is 6.40. The molecule has 2 amide bonds. The number of rotatable bonds is 4. The zero-order valence-corrected chi connectivity index (χ0v) is 14.6. The molecule has 0 bridgehead atoms. The summed E-state index contributed by atoms with van der Waals surface area (Å²) in [7, 11) is 1.23. The van der Waals surface area contributed by atoms with E-state index in [2.05, 4.69) is 15.4 Å². The molecule has 3 rings (SSSR count). The highest BCUT2D eigenvalue weighted by atomic mass is 16.6. The van der Waals surface area contributed by atoms with Crippen molar-refractivity contribution in [2.45, 2.75) is 6.10 Å². The van der Waals surface area contributed by atoms with E-state index in [1.165, 1.54) is 19.2 Å². The minimum atomic E-state index is -0.900. The van der Waals surface area contributed by atoms with Gasteiger partial charge in [0.15, 0.2) is 11.5 Å². The zero-order chi connectivity index (χ0) is 19.2. The topological polar surface area (TPSA) is 103 Å². The molecular formula is C19H18N2O6. The molecule has 1 heterocycles. The predicted octanol–water partition coefficient (Wildman–Crippen LogP) is 1.37. The minimum Gasteiger partial charge on any atom is -0.486 e. The molecule has 8 heteroatoms. The molecule has 1 aliphatic rings. The summed E-state index contributed by atoms with van der Waals surface area (Å²) in [6.07, 6.45) is -0.418. The molecule has 1 aliphatic heterocycles. The number of carbonyl (C=O) groups is 3. The minimum absolute atomic E-state index is 0.0965. The van der Waals surface area contributed by atoms with Crippen molar-refractivity contribution in [1.82, 2.24) is 5.32 Å². The fourth-order valence-corrected chi connectivity index (χ4v) is 2.51. The van der Waals surface area contributed by atoms with Crippen LogP contribution >= 0.6 is 0 Å². The van der Waals surface area contributed by atoms with Crippen LogP contribution in [0.25, 0.3) is 0 Å². The third-order valence-corrected chi connectivity index (χ3v) is 3.84. The third kappa shape index (κ3) is 4.35. The molecule has 0 fully saturated rings. The first-order valence-electron chi connectivity index (χ1n) is 8.23. The third-order valence-electron chi connectivity index (χ3n) is 3.84. The second-order valence-electron chi connectivity index (χ2n) is 5.70. The molecule has 0 saturated heterocycles. The van der Waals surface area contributed by atoms with Gasteiger partial charge in [0.25, 0.3) is 0 Å². The van der Waals surface area contributed by atoms with Crippen LogP contribution in [0.2, 0.25) is 0 Å². The number of benzene rings is 2. The summed E-state index contributed by atoms with van der Waals surface area (Å²) in [4.78, 5) is 35.9. The van der Waals surface area contributed by atoms with Crippen molar-refractivity contribution in [3.05, 3.63) is 54.1 Å². The van der Waals surface area contributed by atoms with Gasteiger partial charge in [-0.25, -0.2) is 4.79 Å². The molecule has 2 aromatic rings. The van der Waals surface area contributed by atoms with Crippen molar-refractivity contribution in [3.8, 4) is 11.5 Å². The van der Waals surface area contributed by atoms with Crippen molar-refractivity contribution in [2.75, 3.05) is 25.6 Å². The van der Waals surface area contributed by atoms with Crippen LogP contribution < -0.4 is 20.1 Å². The van der Waals surface area contributed by atoms with Gasteiger partial charge in [-0.15, -0.1) is 0 Å². The van der Waals surface area contributed by atoms with Crippen LogP contribution in [-0.4, -0.2) is 44.1 Å². The Morgan fingerprint density at radius 2 is 1.74 bits per heavy atom. The first-order valence-corrected chi connectivity index (χ1v) is 8.23. The van der Waals surface area contributed by atoms with Gasteiger partial charge >= 0.3 is 17.8 Å².